The number of hydrogen-bond donors (Lipinski definition) is 1. The van der Waals surface area contributed by atoms with Gasteiger partial charge in [-0.1, -0.05) is 13.8 Å². The highest BCUT2D eigenvalue weighted by atomic mass is 16.6. The number of pyridine rings is 1. The summed E-state index contributed by atoms with van der Waals surface area (Å²) < 4.78 is 5.76. The van der Waals surface area contributed by atoms with E-state index in [0.29, 0.717) is 50.5 Å². The fourth-order valence-electron chi connectivity index (χ4n) is 4.21. The normalized spacial score (nSPS) is 18.7. The van der Waals surface area contributed by atoms with Gasteiger partial charge in [-0.25, -0.2) is 4.79 Å². The first-order valence-corrected chi connectivity index (χ1v) is 10.4. The summed E-state index contributed by atoms with van der Waals surface area (Å²) in [5.41, 5.74) is -0.244. The van der Waals surface area contributed by atoms with Crippen LogP contribution in [-0.4, -0.2) is 83.6 Å². The summed E-state index contributed by atoms with van der Waals surface area (Å²) in [5.74, 6) is 0.523. The van der Waals surface area contributed by atoms with Gasteiger partial charge in [0.1, 0.15) is 5.60 Å². The number of nitrogens with one attached hydrogen (secondary N) is 1. The van der Waals surface area contributed by atoms with Crippen LogP contribution in [-0.2, 0) is 4.74 Å². The first-order chi connectivity index (χ1) is 13.8. The number of likely N-dealkylation sites (tertiary alicyclic amines) is 1. The van der Waals surface area contributed by atoms with E-state index in [-0.39, 0.29) is 17.6 Å². The topological polar surface area (TPSA) is 85.9 Å². The number of ether oxygens (including phenoxy) is 1. The molecule has 1 N–H and O–H groups in total. The highest BCUT2D eigenvalue weighted by Crippen LogP contribution is 2.33. The number of carbonyl (C=O) groups excluding carboxylic acids is 2. The lowest BCUT2D eigenvalue weighted by Crippen LogP contribution is -2.48. The van der Waals surface area contributed by atoms with Crippen LogP contribution >= 0.6 is 0 Å². The van der Waals surface area contributed by atoms with Crippen LogP contribution < -0.4 is 5.56 Å². The molecule has 0 aliphatic carbocycles. The number of aromatic nitrogens is 1. The zero-order chi connectivity index (χ0) is 21.0. The molecule has 1 aromatic rings. The number of hydrogen-bond acceptors (Lipinski definition) is 5. The molecule has 2 aliphatic heterocycles. The molecule has 160 valence electrons. The number of carbonyl (C=O) groups is 2. The minimum atomic E-state index is -0.483. The maximum absolute atomic E-state index is 12.6. The third kappa shape index (κ3) is 5.38. The van der Waals surface area contributed by atoms with Gasteiger partial charge < -0.3 is 24.4 Å². The van der Waals surface area contributed by atoms with Crippen LogP contribution in [0.25, 0.3) is 0 Å². The molecule has 1 aromatic heterocycles. The third-order valence-corrected chi connectivity index (χ3v) is 5.68. The van der Waals surface area contributed by atoms with Crippen LogP contribution in [0.15, 0.2) is 23.1 Å². The smallest absolute Gasteiger partial charge is 0.410 e. The maximum atomic E-state index is 12.6. The molecule has 2 amide bonds. The zero-order valence-electron chi connectivity index (χ0n) is 17.6. The van der Waals surface area contributed by atoms with Crippen molar-refractivity contribution < 1.29 is 14.3 Å². The summed E-state index contributed by atoms with van der Waals surface area (Å²) in [6, 6.07) is 2.90. The molecule has 0 bridgehead atoms. The average molecular weight is 405 g/mol. The first kappa shape index (κ1) is 21.4. The molecule has 29 heavy (non-hydrogen) atoms. The highest BCUT2D eigenvalue weighted by molar-refractivity contribution is 5.94. The van der Waals surface area contributed by atoms with Crippen LogP contribution in [0.4, 0.5) is 4.79 Å². The molecule has 0 aromatic carbocycles. The van der Waals surface area contributed by atoms with E-state index in [1.54, 1.807) is 11.0 Å². The standard InChI is InChI=1S/C21H32N4O4/c1-16(2)14-23(3)9-4-10-25-15-21(29-20(25)28)7-11-24(12-8-21)19(27)17-5-6-18(26)22-13-17/h5-6,13,16H,4,7-12,14-15H2,1-3H3,(H,22,26). The number of piperidine rings is 1. The monoisotopic (exact) mass is 404 g/mol. The zero-order valence-corrected chi connectivity index (χ0v) is 17.6. The van der Waals surface area contributed by atoms with E-state index < -0.39 is 5.60 Å². The van der Waals surface area contributed by atoms with Gasteiger partial charge in [-0.05, 0) is 32.0 Å². The Labute approximate surface area is 171 Å². The van der Waals surface area contributed by atoms with E-state index in [9.17, 15) is 14.4 Å². The van der Waals surface area contributed by atoms with Gasteiger partial charge in [0, 0.05) is 51.3 Å². The molecule has 2 aliphatic rings. The van der Waals surface area contributed by atoms with Gasteiger partial charge in [0.05, 0.1) is 12.1 Å². The van der Waals surface area contributed by atoms with E-state index in [4.69, 9.17) is 4.74 Å². The van der Waals surface area contributed by atoms with E-state index in [2.05, 4.69) is 30.8 Å². The summed E-state index contributed by atoms with van der Waals surface area (Å²) in [6.07, 6.45) is 3.40. The molecule has 2 fully saturated rings. The summed E-state index contributed by atoms with van der Waals surface area (Å²) in [6.45, 7) is 8.78. The fourth-order valence-corrected chi connectivity index (χ4v) is 4.21. The predicted molar refractivity (Wildman–Crippen MR) is 110 cm³/mol. The lowest BCUT2D eigenvalue weighted by Gasteiger charge is -2.37. The second-order valence-corrected chi connectivity index (χ2v) is 8.72. The summed E-state index contributed by atoms with van der Waals surface area (Å²) in [7, 11) is 2.11. The third-order valence-electron chi connectivity index (χ3n) is 5.68. The summed E-state index contributed by atoms with van der Waals surface area (Å²) in [5, 5.41) is 0. The van der Waals surface area contributed by atoms with Gasteiger partial charge in [-0.2, -0.15) is 0 Å². The number of rotatable bonds is 7. The Morgan fingerprint density at radius 2 is 2.00 bits per heavy atom. The van der Waals surface area contributed by atoms with Crippen molar-refractivity contribution in [2.45, 2.75) is 38.7 Å². The number of amides is 2. The van der Waals surface area contributed by atoms with E-state index in [1.165, 1.54) is 12.3 Å². The van der Waals surface area contributed by atoms with Gasteiger partial charge >= 0.3 is 6.09 Å². The van der Waals surface area contributed by atoms with Gasteiger partial charge in [-0.15, -0.1) is 0 Å². The minimum Gasteiger partial charge on any atom is -0.441 e. The predicted octanol–water partition coefficient (Wildman–Crippen LogP) is 1.78. The Hall–Kier alpha value is -2.35. The van der Waals surface area contributed by atoms with Gasteiger partial charge in [0.15, 0.2) is 0 Å². The molecule has 1 spiro atoms. The molecule has 0 saturated carbocycles. The average Bonchev–Trinajstić information content (AvgIpc) is 2.97. The van der Waals surface area contributed by atoms with Crippen molar-refractivity contribution in [2.75, 3.05) is 46.3 Å². The van der Waals surface area contributed by atoms with Crippen LogP contribution in [0, 0.1) is 5.92 Å². The molecule has 3 rings (SSSR count). The van der Waals surface area contributed by atoms with Crippen LogP contribution in [0.3, 0.4) is 0 Å². The Morgan fingerprint density at radius 1 is 1.28 bits per heavy atom. The lowest BCUT2D eigenvalue weighted by molar-refractivity contribution is 0.00312. The van der Waals surface area contributed by atoms with Crippen molar-refractivity contribution in [3.8, 4) is 0 Å². The Morgan fingerprint density at radius 3 is 2.62 bits per heavy atom. The van der Waals surface area contributed by atoms with Crippen molar-refractivity contribution in [3.05, 3.63) is 34.2 Å². The molecule has 3 heterocycles. The maximum Gasteiger partial charge on any atom is 0.410 e. The number of aromatic amines is 1. The van der Waals surface area contributed by atoms with Crippen molar-refractivity contribution in [2.24, 2.45) is 5.92 Å². The second-order valence-electron chi connectivity index (χ2n) is 8.72. The minimum absolute atomic E-state index is 0.106. The van der Waals surface area contributed by atoms with E-state index in [1.807, 2.05) is 4.90 Å². The van der Waals surface area contributed by atoms with Crippen molar-refractivity contribution in [3.63, 3.8) is 0 Å². The molecule has 2 saturated heterocycles. The summed E-state index contributed by atoms with van der Waals surface area (Å²) in [4.78, 5) is 44.5. The molecular weight excluding hydrogens is 372 g/mol. The number of nitrogens with zero attached hydrogens (tertiary/aromatic N) is 3. The quantitative estimate of drug-likeness (QED) is 0.749. The van der Waals surface area contributed by atoms with E-state index in [0.717, 1.165) is 19.5 Å². The Balaban J connectivity index is 1.48. The van der Waals surface area contributed by atoms with Gasteiger partial charge in [-0.3, -0.25) is 9.59 Å². The van der Waals surface area contributed by atoms with Crippen molar-refractivity contribution in [1.82, 2.24) is 19.7 Å². The fraction of sp³-hybridized carbons (Fsp3) is 0.667. The molecule has 0 unspecified atom stereocenters. The second kappa shape index (κ2) is 8.98. The SMILES string of the molecule is CC(C)CN(C)CCCN1CC2(CCN(C(=O)c3ccc(=O)[nH]c3)CC2)OC1=O. The Kier molecular flexibility index (Phi) is 6.62. The summed E-state index contributed by atoms with van der Waals surface area (Å²) >= 11 is 0. The molecular formula is C21H32N4O4. The lowest BCUT2D eigenvalue weighted by atomic mass is 9.91. The molecule has 0 atom stereocenters. The largest absolute Gasteiger partial charge is 0.441 e. The Bertz CT molecular complexity index is 763. The van der Waals surface area contributed by atoms with Crippen LogP contribution in [0.5, 0.6) is 0 Å². The van der Waals surface area contributed by atoms with Crippen molar-refractivity contribution in [1.29, 1.82) is 0 Å². The van der Waals surface area contributed by atoms with E-state index >= 15 is 0 Å². The van der Waals surface area contributed by atoms with Crippen LogP contribution in [0.1, 0.15) is 43.5 Å². The molecule has 8 nitrogen and oxygen atoms in total. The molecule has 0 radical (unpaired) electrons. The van der Waals surface area contributed by atoms with Gasteiger partial charge in [0.25, 0.3) is 5.91 Å². The first-order valence-electron chi connectivity index (χ1n) is 10.4. The number of H-pyrrole nitrogens is 1. The van der Waals surface area contributed by atoms with Crippen molar-refractivity contribution >= 4 is 12.0 Å². The highest BCUT2D eigenvalue weighted by Gasteiger charge is 2.47. The molecule has 8 heteroatoms. The van der Waals surface area contributed by atoms with Gasteiger partial charge in [0.2, 0.25) is 5.56 Å². The van der Waals surface area contributed by atoms with Crippen LogP contribution in [0.2, 0.25) is 0 Å².